The Kier molecular flexibility index (Phi) is 3.75. The van der Waals surface area contributed by atoms with Crippen molar-refractivity contribution in [2.24, 2.45) is 11.0 Å². The highest BCUT2D eigenvalue weighted by atomic mass is 32.2. The Labute approximate surface area is 127 Å². The number of nitrogens with zero attached hydrogens (tertiary/aromatic N) is 3. The zero-order valence-electron chi connectivity index (χ0n) is 11.9. The molecule has 1 amide bonds. The molecule has 1 aromatic heterocycles. The van der Waals surface area contributed by atoms with E-state index in [1.807, 2.05) is 49.6 Å². The number of pyridine rings is 1. The van der Waals surface area contributed by atoms with Gasteiger partial charge in [0.1, 0.15) is 0 Å². The van der Waals surface area contributed by atoms with Crippen LogP contribution in [0.2, 0.25) is 0 Å². The average Bonchev–Trinajstić information content (AvgIpc) is 2.84. The maximum absolute atomic E-state index is 12.4. The third-order valence-corrected chi connectivity index (χ3v) is 4.21. The first-order valence-corrected chi connectivity index (χ1v) is 7.90. The van der Waals surface area contributed by atoms with Crippen LogP contribution in [0.5, 0.6) is 0 Å². The van der Waals surface area contributed by atoms with Gasteiger partial charge in [-0.25, -0.2) is 0 Å². The van der Waals surface area contributed by atoms with E-state index >= 15 is 0 Å². The molecule has 106 valence electrons. The fourth-order valence-corrected chi connectivity index (χ4v) is 2.68. The van der Waals surface area contributed by atoms with Gasteiger partial charge >= 0.3 is 0 Å². The minimum Gasteiger partial charge on any atom is -0.272 e. The standard InChI is InChI=1S/C16H15N3OS/c1-11-15(12-4-3-9-17-10-12)18-19(16(11)20)13-5-7-14(21-2)8-6-13/h3-11H,1-2H3. The van der Waals surface area contributed by atoms with Crippen LogP contribution in [-0.2, 0) is 4.79 Å². The molecule has 0 bridgehead atoms. The Morgan fingerprint density at radius 3 is 2.57 bits per heavy atom. The second-order valence-electron chi connectivity index (χ2n) is 4.80. The van der Waals surface area contributed by atoms with E-state index in [0.29, 0.717) is 0 Å². The normalized spacial score (nSPS) is 18.0. The van der Waals surface area contributed by atoms with Gasteiger partial charge in [-0.05, 0) is 49.6 Å². The molecule has 2 aromatic rings. The van der Waals surface area contributed by atoms with Crippen LogP contribution >= 0.6 is 11.8 Å². The van der Waals surface area contributed by atoms with E-state index in [0.717, 1.165) is 21.9 Å². The van der Waals surface area contributed by atoms with Crippen LogP contribution < -0.4 is 5.01 Å². The van der Waals surface area contributed by atoms with Crippen molar-refractivity contribution in [3.8, 4) is 0 Å². The van der Waals surface area contributed by atoms with E-state index in [-0.39, 0.29) is 11.8 Å². The molecule has 1 aliphatic rings. The summed E-state index contributed by atoms with van der Waals surface area (Å²) in [5, 5.41) is 5.98. The lowest BCUT2D eigenvalue weighted by Gasteiger charge is -2.12. The first kappa shape index (κ1) is 13.8. The summed E-state index contributed by atoms with van der Waals surface area (Å²) < 4.78 is 0. The van der Waals surface area contributed by atoms with Gasteiger partial charge in [-0.15, -0.1) is 11.8 Å². The van der Waals surface area contributed by atoms with Crippen LogP contribution in [0.1, 0.15) is 12.5 Å². The Bertz CT molecular complexity index is 682. The maximum Gasteiger partial charge on any atom is 0.256 e. The minimum absolute atomic E-state index is 0.00856. The average molecular weight is 297 g/mol. The van der Waals surface area contributed by atoms with Crippen molar-refractivity contribution in [1.29, 1.82) is 0 Å². The van der Waals surface area contributed by atoms with Gasteiger partial charge in [0.05, 0.1) is 17.3 Å². The highest BCUT2D eigenvalue weighted by Crippen LogP contribution is 2.27. The second kappa shape index (κ2) is 5.69. The van der Waals surface area contributed by atoms with Gasteiger partial charge in [0.15, 0.2) is 0 Å². The van der Waals surface area contributed by atoms with Crippen molar-refractivity contribution in [3.05, 3.63) is 54.4 Å². The zero-order valence-corrected chi connectivity index (χ0v) is 12.7. The molecule has 1 unspecified atom stereocenters. The Morgan fingerprint density at radius 1 is 1.19 bits per heavy atom. The van der Waals surface area contributed by atoms with E-state index in [2.05, 4.69) is 10.1 Å². The van der Waals surface area contributed by atoms with Crippen LogP contribution in [0.25, 0.3) is 0 Å². The molecule has 3 rings (SSSR count). The van der Waals surface area contributed by atoms with Crippen molar-refractivity contribution in [2.45, 2.75) is 11.8 Å². The fraction of sp³-hybridized carbons (Fsp3) is 0.188. The molecule has 0 N–H and O–H groups in total. The van der Waals surface area contributed by atoms with Crippen molar-refractivity contribution in [1.82, 2.24) is 4.98 Å². The number of hydrogen-bond acceptors (Lipinski definition) is 4. The van der Waals surface area contributed by atoms with Crippen LogP contribution in [0.15, 0.2) is 58.8 Å². The minimum atomic E-state index is -0.255. The molecule has 1 atom stereocenters. The summed E-state index contributed by atoms with van der Waals surface area (Å²) in [5.41, 5.74) is 2.45. The third-order valence-electron chi connectivity index (χ3n) is 3.47. The molecule has 0 fully saturated rings. The molecular formula is C16H15N3OS. The van der Waals surface area contributed by atoms with Crippen LogP contribution in [0.3, 0.4) is 0 Å². The first-order valence-electron chi connectivity index (χ1n) is 6.67. The van der Waals surface area contributed by atoms with Crippen LogP contribution in [0.4, 0.5) is 5.69 Å². The zero-order chi connectivity index (χ0) is 14.8. The number of carbonyl (C=O) groups excluding carboxylic acids is 1. The number of carbonyl (C=O) groups is 1. The number of benzene rings is 1. The van der Waals surface area contributed by atoms with Gasteiger partial charge in [-0.3, -0.25) is 9.78 Å². The number of amides is 1. The summed E-state index contributed by atoms with van der Waals surface area (Å²) in [5.74, 6) is -0.264. The summed E-state index contributed by atoms with van der Waals surface area (Å²) in [6.45, 7) is 1.88. The Balaban J connectivity index is 1.96. The van der Waals surface area contributed by atoms with Gasteiger partial charge in [0, 0.05) is 22.9 Å². The van der Waals surface area contributed by atoms with Gasteiger partial charge < -0.3 is 0 Å². The van der Waals surface area contributed by atoms with Gasteiger partial charge in [-0.2, -0.15) is 10.1 Å². The molecule has 1 aliphatic heterocycles. The number of hydrazone groups is 1. The second-order valence-corrected chi connectivity index (χ2v) is 5.68. The molecule has 0 saturated carbocycles. The van der Waals surface area contributed by atoms with E-state index in [9.17, 15) is 4.79 Å². The molecule has 0 aliphatic carbocycles. The van der Waals surface area contributed by atoms with E-state index in [1.54, 1.807) is 24.2 Å². The molecule has 5 heteroatoms. The summed E-state index contributed by atoms with van der Waals surface area (Å²) in [6.07, 6.45) is 5.48. The van der Waals surface area contributed by atoms with E-state index in [1.165, 1.54) is 5.01 Å². The number of aromatic nitrogens is 1. The molecule has 0 saturated heterocycles. The summed E-state index contributed by atoms with van der Waals surface area (Å²) in [4.78, 5) is 17.7. The van der Waals surface area contributed by atoms with Gasteiger partial charge in [0.2, 0.25) is 0 Å². The highest BCUT2D eigenvalue weighted by Gasteiger charge is 2.33. The van der Waals surface area contributed by atoms with Crippen LogP contribution in [-0.4, -0.2) is 22.9 Å². The lowest BCUT2D eigenvalue weighted by molar-refractivity contribution is -0.119. The monoisotopic (exact) mass is 297 g/mol. The van der Waals surface area contributed by atoms with E-state index in [4.69, 9.17) is 0 Å². The number of anilines is 1. The van der Waals surface area contributed by atoms with E-state index < -0.39 is 0 Å². The summed E-state index contributed by atoms with van der Waals surface area (Å²) >= 11 is 1.67. The number of thioether (sulfide) groups is 1. The highest BCUT2D eigenvalue weighted by molar-refractivity contribution is 7.98. The van der Waals surface area contributed by atoms with Crippen molar-refractivity contribution in [3.63, 3.8) is 0 Å². The third kappa shape index (κ3) is 2.56. The predicted molar refractivity (Wildman–Crippen MR) is 85.6 cm³/mol. The smallest absolute Gasteiger partial charge is 0.256 e. The molecule has 21 heavy (non-hydrogen) atoms. The molecule has 2 heterocycles. The number of hydrogen-bond donors (Lipinski definition) is 0. The van der Waals surface area contributed by atoms with Crippen molar-refractivity contribution in [2.75, 3.05) is 11.3 Å². The predicted octanol–water partition coefficient (Wildman–Crippen LogP) is 3.19. The lowest BCUT2D eigenvalue weighted by atomic mass is 10.0. The molecular weight excluding hydrogens is 282 g/mol. The van der Waals surface area contributed by atoms with Crippen molar-refractivity contribution < 1.29 is 4.79 Å². The SMILES string of the molecule is CSc1ccc(N2N=C(c3cccnc3)C(C)C2=O)cc1. The first-order chi connectivity index (χ1) is 10.2. The Morgan fingerprint density at radius 2 is 1.95 bits per heavy atom. The molecule has 0 radical (unpaired) electrons. The number of rotatable bonds is 3. The van der Waals surface area contributed by atoms with Crippen LogP contribution in [0, 0.1) is 5.92 Å². The largest absolute Gasteiger partial charge is 0.272 e. The maximum atomic E-state index is 12.4. The van der Waals surface area contributed by atoms with Gasteiger partial charge in [0.25, 0.3) is 5.91 Å². The van der Waals surface area contributed by atoms with Gasteiger partial charge in [-0.1, -0.05) is 0 Å². The van der Waals surface area contributed by atoms with Crippen molar-refractivity contribution >= 4 is 29.1 Å². The fourth-order valence-electron chi connectivity index (χ4n) is 2.27. The summed E-state index contributed by atoms with van der Waals surface area (Å²) in [6, 6.07) is 11.6. The summed E-state index contributed by atoms with van der Waals surface area (Å²) in [7, 11) is 0. The molecule has 4 nitrogen and oxygen atoms in total. The quantitative estimate of drug-likeness (QED) is 0.817. The molecule has 1 aromatic carbocycles. The molecule has 0 spiro atoms. The Hall–Kier alpha value is -2.14. The topological polar surface area (TPSA) is 45.6 Å². The lowest BCUT2D eigenvalue weighted by Crippen LogP contribution is -2.25.